The van der Waals surface area contributed by atoms with Crippen molar-refractivity contribution >= 4 is 11.2 Å². The molecule has 4 aromatic rings. The van der Waals surface area contributed by atoms with Gasteiger partial charge in [-0.15, -0.1) is 0 Å². The average Bonchev–Trinajstić information content (AvgIpc) is 3.61. The van der Waals surface area contributed by atoms with E-state index in [0.29, 0.717) is 47.3 Å². The number of aryl methyl sites for hydroxylation is 3. The molecule has 0 unspecified atom stereocenters. The molecule has 0 amide bonds. The summed E-state index contributed by atoms with van der Waals surface area (Å²) >= 11 is 0. The van der Waals surface area contributed by atoms with E-state index in [0.717, 1.165) is 29.6 Å². The highest BCUT2D eigenvalue weighted by atomic mass is 19.1. The first kappa shape index (κ1) is 22.2. The normalized spacial score (nSPS) is 20.5. The minimum atomic E-state index is -0.691. The van der Waals surface area contributed by atoms with E-state index >= 15 is 0 Å². The molecule has 35 heavy (non-hydrogen) atoms. The second-order valence-corrected chi connectivity index (χ2v) is 9.59. The lowest BCUT2D eigenvalue weighted by Gasteiger charge is -2.29. The second kappa shape index (κ2) is 8.41. The van der Waals surface area contributed by atoms with Gasteiger partial charge in [0.2, 0.25) is 0 Å². The fourth-order valence-electron chi connectivity index (χ4n) is 4.80. The highest BCUT2D eigenvalue weighted by Gasteiger charge is 2.33. The van der Waals surface area contributed by atoms with Crippen LogP contribution < -0.4 is 0 Å². The number of hydrogen-bond acceptors (Lipinski definition) is 6. The Morgan fingerprint density at radius 1 is 0.943 bits per heavy atom. The van der Waals surface area contributed by atoms with Gasteiger partial charge in [-0.3, -0.25) is 4.68 Å². The van der Waals surface area contributed by atoms with Crippen LogP contribution in [0.1, 0.15) is 72.2 Å². The van der Waals surface area contributed by atoms with E-state index in [1.807, 2.05) is 25.6 Å². The number of rotatable bonds is 4. The predicted octanol–water partition coefficient (Wildman–Crippen LogP) is 5.23. The summed E-state index contributed by atoms with van der Waals surface area (Å²) in [5.41, 5.74) is 4.98. The van der Waals surface area contributed by atoms with Crippen LogP contribution in [0.2, 0.25) is 0 Å². The van der Waals surface area contributed by atoms with Crippen molar-refractivity contribution in [3.05, 3.63) is 64.5 Å². The monoisotopic (exact) mass is 476 g/mol. The summed E-state index contributed by atoms with van der Waals surface area (Å²) in [4.78, 5) is 18.8. The summed E-state index contributed by atoms with van der Waals surface area (Å²) in [5.74, 6) is -0.202. The molecule has 0 radical (unpaired) electrons. The Labute approximate surface area is 201 Å². The maximum absolute atomic E-state index is 14.8. The Morgan fingerprint density at radius 2 is 1.74 bits per heavy atom. The third-order valence-corrected chi connectivity index (χ3v) is 7.06. The van der Waals surface area contributed by atoms with Crippen molar-refractivity contribution in [3.63, 3.8) is 0 Å². The minimum Gasteiger partial charge on any atom is -0.372 e. The van der Waals surface area contributed by atoms with E-state index in [4.69, 9.17) is 14.7 Å². The van der Waals surface area contributed by atoms with Crippen LogP contribution in [-0.4, -0.2) is 36.3 Å². The SMILES string of the molecule is Cc1nc2nc([C@@H]3CCO[C@@H](c4cc(C5CC5)nn4C)C3)nc(-c3ccc(F)cc3F)c2nc1C. The molecule has 7 nitrogen and oxygen atoms in total. The van der Waals surface area contributed by atoms with Crippen molar-refractivity contribution in [1.82, 2.24) is 29.7 Å². The molecule has 180 valence electrons. The fourth-order valence-corrected chi connectivity index (χ4v) is 4.80. The van der Waals surface area contributed by atoms with Crippen LogP contribution in [0.4, 0.5) is 8.78 Å². The predicted molar refractivity (Wildman–Crippen MR) is 126 cm³/mol. The standard InChI is InChI=1S/C26H26F2N6O/c1-13-14(2)30-26-24(29-13)23(18-7-6-17(27)11-19(18)28)31-25(32-26)16-8-9-35-22(10-16)21-12-20(15-4-5-15)33-34(21)3/h6-7,11-12,15-16,22H,4-5,8-10H2,1-3H3/t16-,22-/m1/s1. The van der Waals surface area contributed by atoms with E-state index < -0.39 is 11.6 Å². The number of aromatic nitrogens is 6. The molecule has 1 aliphatic carbocycles. The molecule has 1 aliphatic heterocycles. The van der Waals surface area contributed by atoms with E-state index in [2.05, 4.69) is 21.1 Å². The Balaban J connectivity index is 1.42. The van der Waals surface area contributed by atoms with Gasteiger partial charge >= 0.3 is 0 Å². The van der Waals surface area contributed by atoms with Crippen LogP contribution in [0.3, 0.4) is 0 Å². The molecule has 0 bridgehead atoms. The van der Waals surface area contributed by atoms with Gasteiger partial charge in [0.1, 0.15) is 28.7 Å². The van der Waals surface area contributed by atoms with Gasteiger partial charge in [-0.25, -0.2) is 28.7 Å². The summed E-state index contributed by atoms with van der Waals surface area (Å²) in [6.07, 6.45) is 3.67. The van der Waals surface area contributed by atoms with Gasteiger partial charge in [0.25, 0.3) is 0 Å². The maximum atomic E-state index is 14.8. The smallest absolute Gasteiger partial charge is 0.182 e. The zero-order chi connectivity index (χ0) is 24.3. The molecule has 1 saturated heterocycles. The second-order valence-electron chi connectivity index (χ2n) is 9.59. The number of halogens is 2. The molecule has 2 fully saturated rings. The first-order valence-electron chi connectivity index (χ1n) is 12.0. The van der Waals surface area contributed by atoms with E-state index in [-0.39, 0.29) is 17.6 Å². The van der Waals surface area contributed by atoms with Crippen molar-refractivity contribution in [1.29, 1.82) is 0 Å². The Morgan fingerprint density at radius 3 is 2.51 bits per heavy atom. The van der Waals surface area contributed by atoms with Crippen molar-refractivity contribution in [2.24, 2.45) is 7.05 Å². The topological polar surface area (TPSA) is 78.6 Å². The summed E-state index contributed by atoms with van der Waals surface area (Å²) in [6.45, 7) is 4.26. The first-order valence-corrected chi connectivity index (χ1v) is 12.0. The summed E-state index contributed by atoms with van der Waals surface area (Å²) < 4.78 is 36.5. The Bertz CT molecular complexity index is 1450. The number of ether oxygens (including phenoxy) is 1. The molecule has 6 rings (SSSR count). The molecule has 2 atom stereocenters. The first-order chi connectivity index (χ1) is 16.9. The van der Waals surface area contributed by atoms with Gasteiger partial charge < -0.3 is 4.74 Å². The zero-order valence-electron chi connectivity index (χ0n) is 19.9. The third-order valence-electron chi connectivity index (χ3n) is 7.06. The quantitative estimate of drug-likeness (QED) is 0.401. The molecular weight excluding hydrogens is 450 g/mol. The van der Waals surface area contributed by atoms with Crippen molar-refractivity contribution in [2.45, 2.75) is 57.5 Å². The average molecular weight is 477 g/mol. The Kier molecular flexibility index (Phi) is 5.32. The molecular formula is C26H26F2N6O. The highest BCUT2D eigenvalue weighted by Crippen LogP contribution is 2.42. The molecule has 0 spiro atoms. The highest BCUT2D eigenvalue weighted by molar-refractivity contribution is 5.87. The molecule has 9 heteroatoms. The van der Waals surface area contributed by atoms with E-state index in [1.54, 1.807) is 0 Å². The number of nitrogens with zero attached hydrogens (tertiary/aromatic N) is 6. The van der Waals surface area contributed by atoms with Crippen LogP contribution in [0.15, 0.2) is 24.3 Å². The summed E-state index contributed by atoms with van der Waals surface area (Å²) in [6, 6.07) is 5.64. The van der Waals surface area contributed by atoms with Gasteiger partial charge in [0.15, 0.2) is 5.65 Å². The lowest BCUT2D eigenvalue weighted by atomic mass is 9.92. The van der Waals surface area contributed by atoms with Crippen LogP contribution in [0.25, 0.3) is 22.4 Å². The third kappa shape index (κ3) is 4.07. The van der Waals surface area contributed by atoms with Crippen LogP contribution in [0, 0.1) is 25.5 Å². The Hall–Kier alpha value is -3.33. The van der Waals surface area contributed by atoms with Crippen LogP contribution >= 0.6 is 0 Å². The van der Waals surface area contributed by atoms with Gasteiger partial charge in [-0.2, -0.15) is 5.10 Å². The maximum Gasteiger partial charge on any atom is 0.182 e. The van der Waals surface area contributed by atoms with Gasteiger partial charge in [0.05, 0.1) is 28.9 Å². The van der Waals surface area contributed by atoms with Crippen molar-refractivity contribution in [3.8, 4) is 11.3 Å². The lowest BCUT2D eigenvalue weighted by molar-refractivity contribution is -0.000640. The molecule has 3 aromatic heterocycles. The molecule has 4 heterocycles. The molecule has 1 saturated carbocycles. The molecule has 1 aromatic carbocycles. The van der Waals surface area contributed by atoms with Crippen LogP contribution in [0.5, 0.6) is 0 Å². The lowest BCUT2D eigenvalue weighted by Crippen LogP contribution is -2.22. The molecule has 0 N–H and O–H groups in total. The number of fused-ring (bicyclic) bond motifs is 1. The largest absolute Gasteiger partial charge is 0.372 e. The van der Waals surface area contributed by atoms with Crippen molar-refractivity contribution in [2.75, 3.05) is 6.61 Å². The van der Waals surface area contributed by atoms with Crippen molar-refractivity contribution < 1.29 is 13.5 Å². The fraction of sp³-hybridized carbons (Fsp3) is 0.423. The zero-order valence-corrected chi connectivity index (χ0v) is 19.9. The van der Waals surface area contributed by atoms with Crippen LogP contribution in [-0.2, 0) is 11.8 Å². The number of benzene rings is 1. The number of hydrogen-bond donors (Lipinski definition) is 0. The summed E-state index contributed by atoms with van der Waals surface area (Å²) in [5, 5.41) is 4.69. The van der Waals surface area contributed by atoms with Gasteiger partial charge in [-0.1, -0.05) is 0 Å². The van der Waals surface area contributed by atoms with E-state index in [1.165, 1.54) is 25.0 Å². The van der Waals surface area contributed by atoms with Gasteiger partial charge in [0, 0.05) is 37.1 Å². The summed E-state index contributed by atoms with van der Waals surface area (Å²) in [7, 11) is 1.96. The minimum absolute atomic E-state index is 0.0110. The molecule has 2 aliphatic rings. The van der Waals surface area contributed by atoms with Gasteiger partial charge in [-0.05, 0) is 57.7 Å². The van der Waals surface area contributed by atoms with E-state index in [9.17, 15) is 8.78 Å².